The maximum atomic E-state index is 13.7. The van der Waals surface area contributed by atoms with E-state index in [1.54, 1.807) is 45.8 Å². The van der Waals surface area contributed by atoms with Gasteiger partial charge in [0.25, 0.3) is 23.4 Å². The molecule has 3 aromatic carbocycles. The number of nitrogens with zero attached hydrogens (tertiary/aromatic N) is 3. The number of carboxylic acid groups (broad SMARTS) is 3. The van der Waals surface area contributed by atoms with E-state index in [0.717, 1.165) is 12.2 Å². The Morgan fingerprint density at radius 2 is 1.38 bits per heavy atom. The average Bonchev–Trinajstić information content (AvgIpc) is 4.14. The van der Waals surface area contributed by atoms with Crippen LogP contribution < -0.4 is 36.1 Å². The number of anilines is 1. The van der Waals surface area contributed by atoms with Crippen molar-refractivity contribution < 1.29 is 127 Å². The first-order valence-corrected chi connectivity index (χ1v) is 24.4. The number of nitrogens with two attached hydrogens (primary N) is 1. The number of halogens is 8. The maximum absolute atomic E-state index is 13.7. The number of hydrogen-bond donors (Lipinski definition) is 9. The van der Waals surface area contributed by atoms with Gasteiger partial charge in [0.1, 0.15) is 72.8 Å². The van der Waals surface area contributed by atoms with E-state index in [1.807, 2.05) is 0 Å². The van der Waals surface area contributed by atoms with E-state index < -0.39 is 123 Å². The number of aromatic nitrogens is 2. The molecule has 6 atom stereocenters. The lowest BCUT2D eigenvalue weighted by Crippen LogP contribution is -2.61. The Labute approximate surface area is 454 Å². The van der Waals surface area contributed by atoms with Crippen molar-refractivity contribution in [1.82, 2.24) is 19.9 Å². The minimum absolute atomic E-state index is 0.00886. The van der Waals surface area contributed by atoms with Crippen LogP contribution in [0.4, 0.5) is 40.8 Å². The van der Waals surface area contributed by atoms with Crippen LogP contribution in [-0.2, 0) is 61.2 Å². The molecule has 440 valence electrons. The number of aliphatic carboxylic acids is 3. The maximum Gasteiger partial charge on any atom is 0.490 e. The minimum Gasteiger partial charge on any atom is -0.542 e. The molecule has 1 unspecified atom stereocenters. The van der Waals surface area contributed by atoms with E-state index in [2.05, 4.69) is 16.0 Å². The first-order chi connectivity index (χ1) is 38.2. The number of sulfone groups is 1. The number of ether oxygens (including phenoxy) is 2. The zero-order valence-corrected chi connectivity index (χ0v) is 42.0. The largest absolute Gasteiger partial charge is 0.542 e. The van der Waals surface area contributed by atoms with E-state index in [1.165, 1.54) is 36.4 Å². The third-order valence-electron chi connectivity index (χ3n) is 11.3. The molecule has 10 N–H and O–H groups in total. The van der Waals surface area contributed by atoms with Crippen molar-refractivity contribution in [3.05, 3.63) is 132 Å². The van der Waals surface area contributed by atoms with Gasteiger partial charge >= 0.3 is 24.3 Å². The van der Waals surface area contributed by atoms with Gasteiger partial charge in [0.05, 0.1) is 21.0 Å². The summed E-state index contributed by atoms with van der Waals surface area (Å²) in [5.41, 5.74) is 7.59. The van der Waals surface area contributed by atoms with Crippen LogP contribution in [0.5, 0.6) is 5.75 Å². The van der Waals surface area contributed by atoms with Gasteiger partial charge in [-0.1, -0.05) is 18.2 Å². The van der Waals surface area contributed by atoms with Gasteiger partial charge in [-0.05, 0) is 53.6 Å². The number of rotatable bonds is 17. The molecule has 1 fully saturated rings. The van der Waals surface area contributed by atoms with Crippen LogP contribution in [0.2, 0.25) is 0 Å². The molecule has 0 aliphatic carbocycles. The number of pyridine rings is 1. The van der Waals surface area contributed by atoms with Crippen LogP contribution in [0.15, 0.2) is 113 Å². The number of aliphatic hydroxyl groups excluding tert-OH is 3. The Kier molecular flexibility index (Phi) is 20.7. The third kappa shape index (κ3) is 16.3. The van der Waals surface area contributed by atoms with Crippen LogP contribution in [0.25, 0.3) is 5.65 Å². The number of nitrogens with one attached hydrogen (secondary N) is 3. The first-order valence-electron chi connectivity index (χ1n) is 22.9. The molecule has 82 heavy (non-hydrogen) atoms. The Bertz CT molecular complexity index is 3340. The number of carbonyl (C=O) groups is 8. The van der Waals surface area contributed by atoms with Crippen molar-refractivity contribution in [1.29, 1.82) is 0 Å². The molecule has 2 aromatic heterocycles. The summed E-state index contributed by atoms with van der Waals surface area (Å²) in [4.78, 5) is 92.9. The fraction of sp³-hybridized carbons (Fsp3) is 0.271. The number of imidazole rings is 1. The number of alkyl halides is 6. The first kappa shape index (κ1) is 63.9. The number of imide groups is 1. The predicted octanol–water partition coefficient (Wildman–Crippen LogP) is -0.784. The molecule has 2 aliphatic heterocycles. The van der Waals surface area contributed by atoms with Crippen molar-refractivity contribution in [2.45, 2.75) is 78.4 Å². The van der Waals surface area contributed by atoms with Crippen molar-refractivity contribution in [2.75, 3.05) is 18.4 Å². The second-order valence-corrected chi connectivity index (χ2v) is 19.0. The topological polar surface area (TPSA) is 387 Å². The summed E-state index contributed by atoms with van der Waals surface area (Å²) in [6.45, 7) is -0.498. The fourth-order valence-corrected chi connectivity index (χ4v) is 8.59. The van der Waals surface area contributed by atoms with E-state index in [0.29, 0.717) is 39.9 Å². The Morgan fingerprint density at radius 3 is 1.93 bits per heavy atom. The number of benzene rings is 3. The molecule has 0 spiro atoms. The number of amides is 5. The van der Waals surface area contributed by atoms with Gasteiger partial charge < -0.3 is 66.6 Å². The normalized spacial score (nSPS) is 18.3. The van der Waals surface area contributed by atoms with E-state index in [4.69, 9.17) is 35.0 Å². The molecule has 0 saturated carbocycles. The van der Waals surface area contributed by atoms with E-state index >= 15 is 0 Å². The van der Waals surface area contributed by atoms with Crippen LogP contribution in [0.3, 0.4) is 0 Å². The van der Waals surface area contributed by atoms with Gasteiger partial charge in [0, 0.05) is 50.3 Å². The van der Waals surface area contributed by atoms with Crippen LogP contribution in [-0.4, -0.2) is 153 Å². The SMILES string of the molecule is NCC(C(=O)NCCC(=O)Nc1cc(C[n+]2ccn3cc(C(=O)NCc4ccc(S(=O)(=O)c5cc(F)cc(F)c5)cc4)ccc32)ccc1O[C@@H]1O[C@H](C(=O)O)[C@@H](O)[C@H](O)[C@H]1O)N1C(=O)C=CC1=O.O=C(O)C(F)(F)F.O=C([O-])C(F)(F)F. The molecule has 34 heteroatoms. The van der Waals surface area contributed by atoms with Crippen molar-refractivity contribution >= 4 is 68.6 Å². The molecule has 0 bridgehead atoms. The van der Waals surface area contributed by atoms with Gasteiger partial charge in [-0.3, -0.25) is 28.9 Å². The van der Waals surface area contributed by atoms with Crippen molar-refractivity contribution in [2.24, 2.45) is 5.73 Å². The lowest BCUT2D eigenvalue weighted by atomic mass is 9.99. The number of carboxylic acids is 3. The molecular weight excluding hydrogens is 1150 g/mol. The lowest BCUT2D eigenvalue weighted by Gasteiger charge is -2.38. The summed E-state index contributed by atoms with van der Waals surface area (Å²) in [5.74, 6) is -13.0. The summed E-state index contributed by atoms with van der Waals surface area (Å²) >= 11 is 0. The highest BCUT2D eigenvalue weighted by Crippen LogP contribution is 2.31. The van der Waals surface area contributed by atoms with Crippen LogP contribution >= 0.6 is 0 Å². The van der Waals surface area contributed by atoms with Gasteiger partial charge in [0.15, 0.2) is 6.10 Å². The van der Waals surface area contributed by atoms with Gasteiger partial charge in [-0.15, -0.1) is 0 Å². The van der Waals surface area contributed by atoms with Crippen LogP contribution in [0.1, 0.15) is 27.9 Å². The molecule has 5 amide bonds. The average molecular weight is 1190 g/mol. The molecule has 7 rings (SSSR count). The van der Waals surface area contributed by atoms with Crippen LogP contribution in [0, 0.1) is 11.6 Å². The predicted molar refractivity (Wildman–Crippen MR) is 252 cm³/mol. The van der Waals surface area contributed by atoms with Gasteiger partial charge in [-0.25, -0.2) is 35.8 Å². The summed E-state index contributed by atoms with van der Waals surface area (Å²) in [5, 5.41) is 64.4. The Morgan fingerprint density at radius 1 is 0.793 bits per heavy atom. The molecule has 4 heterocycles. The molecule has 1 saturated heterocycles. The highest BCUT2D eigenvalue weighted by atomic mass is 32.2. The summed E-state index contributed by atoms with van der Waals surface area (Å²) in [7, 11) is -4.22. The highest BCUT2D eigenvalue weighted by Gasteiger charge is 2.48. The standard InChI is InChI=1S/C44H41F2N7O14S.2C2HF3O2/c45-26-16-27(46)18-29(17-26)68(64,65)28-5-1-23(2-6-28)20-49-41(60)25-4-8-34-51(13-14-52(34)22-25)21-24-3-7-32(66-44-39(59)37(57)38(58)40(67-44)43(62)63)30(15-24)50-33(54)11-12-48-42(61)31(19-47)53-35(55)9-10-36(53)56;2*3-2(4,5)1(6)7/h1-10,13-18,22,31,37-40,44,57-59H,11-12,19-21,47H2,(H3-,48,49,50,54,60,61,62,63);2*(H,6,7)/t31?,37-,38-,39+,40-,44+;;/m0../s1. The summed E-state index contributed by atoms with van der Waals surface area (Å²) in [6.07, 6.45) is -13.4. The minimum atomic E-state index is -5.19. The Hall–Kier alpha value is -8.96. The zero-order valence-electron chi connectivity index (χ0n) is 41.2. The number of carbonyl (C=O) groups excluding carboxylic acids is 6. The van der Waals surface area contributed by atoms with Gasteiger partial charge in [0.2, 0.25) is 27.9 Å². The quantitative estimate of drug-likeness (QED) is 0.0313. The second kappa shape index (κ2) is 26.5. The van der Waals surface area contributed by atoms with Crippen molar-refractivity contribution in [3.8, 4) is 5.75 Å². The number of fused-ring (bicyclic) bond motifs is 1. The molecule has 0 radical (unpaired) electrons. The lowest BCUT2D eigenvalue weighted by molar-refractivity contribution is -0.661. The number of aliphatic hydroxyl groups is 3. The zero-order chi connectivity index (χ0) is 61.2. The smallest absolute Gasteiger partial charge is 0.490 e. The monoisotopic (exact) mass is 1190 g/mol. The molecule has 2 aliphatic rings. The van der Waals surface area contributed by atoms with E-state index in [9.17, 15) is 92.7 Å². The summed E-state index contributed by atoms with van der Waals surface area (Å²) < 4.78 is 131. The second-order valence-electron chi connectivity index (χ2n) is 17.0. The third-order valence-corrected chi connectivity index (χ3v) is 13.0. The van der Waals surface area contributed by atoms with Gasteiger partial charge in [-0.2, -0.15) is 26.3 Å². The molecule has 25 nitrogen and oxygen atoms in total. The van der Waals surface area contributed by atoms with Crippen molar-refractivity contribution in [3.63, 3.8) is 0 Å². The fourth-order valence-electron chi connectivity index (χ4n) is 7.29. The summed E-state index contributed by atoms with van der Waals surface area (Å²) in [6, 6.07) is 13.8. The number of hydrogen-bond acceptors (Lipinski definition) is 17. The molecular formula is C48H43F8N7O18S. The Balaban J connectivity index is 0.000000781. The molecule has 5 aromatic rings. The van der Waals surface area contributed by atoms with E-state index in [-0.39, 0.29) is 54.5 Å². The highest BCUT2D eigenvalue weighted by molar-refractivity contribution is 7.91.